The fourth-order valence-corrected chi connectivity index (χ4v) is 2.96. The summed E-state index contributed by atoms with van der Waals surface area (Å²) >= 11 is 0. The predicted molar refractivity (Wildman–Crippen MR) is 106 cm³/mol. The Morgan fingerprint density at radius 3 is 2.59 bits per heavy atom. The predicted octanol–water partition coefficient (Wildman–Crippen LogP) is 2.92. The van der Waals surface area contributed by atoms with E-state index in [1.54, 1.807) is 19.1 Å². The molecule has 1 unspecified atom stereocenters. The molecule has 3 aromatic heterocycles. The normalized spacial score (nSPS) is 14.6. The zero-order valence-electron chi connectivity index (χ0n) is 16.8. The van der Waals surface area contributed by atoms with E-state index in [1.165, 1.54) is 17.2 Å². The molecule has 4 rings (SSSR count). The fraction of sp³-hybridized carbons (Fsp3) is 0.300. The van der Waals surface area contributed by atoms with Gasteiger partial charge in [-0.3, -0.25) is 14.6 Å². The molecular weight excluding hydrogens is 427 g/mol. The number of hydrogen-bond donors (Lipinski definition) is 2. The SMILES string of the molecule is CC(NC(=O)c1cncc(C(F)(F)F)c1)c1ncnn1-c1ccc(NC(=O)C2CC2)cn1. The summed E-state index contributed by atoms with van der Waals surface area (Å²) in [5.41, 5.74) is -0.698. The first-order chi connectivity index (χ1) is 15.2. The number of aromatic nitrogens is 5. The second-order valence-electron chi connectivity index (χ2n) is 7.35. The van der Waals surface area contributed by atoms with Crippen LogP contribution in [-0.2, 0) is 11.0 Å². The highest BCUT2D eigenvalue weighted by Gasteiger charge is 2.32. The molecule has 0 aromatic carbocycles. The molecular formula is C20H18F3N7O2. The van der Waals surface area contributed by atoms with Gasteiger partial charge in [0, 0.05) is 18.3 Å². The molecule has 9 nitrogen and oxygen atoms in total. The van der Waals surface area contributed by atoms with Crippen molar-refractivity contribution < 1.29 is 22.8 Å². The van der Waals surface area contributed by atoms with Crippen LogP contribution in [0.2, 0.25) is 0 Å². The maximum Gasteiger partial charge on any atom is 0.417 e. The lowest BCUT2D eigenvalue weighted by atomic mass is 10.2. The average Bonchev–Trinajstić information content (AvgIpc) is 3.50. The van der Waals surface area contributed by atoms with Crippen LogP contribution in [0.25, 0.3) is 5.82 Å². The van der Waals surface area contributed by atoms with Crippen molar-refractivity contribution in [2.45, 2.75) is 32.0 Å². The number of amides is 2. The van der Waals surface area contributed by atoms with Gasteiger partial charge in [0.05, 0.1) is 29.1 Å². The first-order valence-corrected chi connectivity index (χ1v) is 9.72. The number of carbonyl (C=O) groups excluding carboxylic acids is 2. The zero-order valence-corrected chi connectivity index (χ0v) is 16.8. The molecule has 0 saturated heterocycles. The van der Waals surface area contributed by atoms with Gasteiger partial charge in [0.2, 0.25) is 5.91 Å². The van der Waals surface area contributed by atoms with Crippen molar-refractivity contribution in [3.63, 3.8) is 0 Å². The van der Waals surface area contributed by atoms with E-state index in [-0.39, 0.29) is 17.4 Å². The van der Waals surface area contributed by atoms with Gasteiger partial charge in [0.25, 0.3) is 5.91 Å². The van der Waals surface area contributed by atoms with Crippen molar-refractivity contribution in [2.24, 2.45) is 5.92 Å². The molecule has 3 aromatic rings. The van der Waals surface area contributed by atoms with E-state index in [0.29, 0.717) is 23.5 Å². The molecule has 1 atom stereocenters. The summed E-state index contributed by atoms with van der Waals surface area (Å²) in [6, 6.07) is 3.34. The highest BCUT2D eigenvalue weighted by molar-refractivity contribution is 5.94. The number of nitrogens with zero attached hydrogens (tertiary/aromatic N) is 5. The van der Waals surface area contributed by atoms with Crippen LogP contribution in [0.3, 0.4) is 0 Å². The quantitative estimate of drug-likeness (QED) is 0.603. The number of nitrogens with one attached hydrogen (secondary N) is 2. The molecule has 3 heterocycles. The van der Waals surface area contributed by atoms with Crippen LogP contribution in [0.15, 0.2) is 43.1 Å². The Labute approximate surface area is 180 Å². The van der Waals surface area contributed by atoms with Gasteiger partial charge in [-0.1, -0.05) is 0 Å². The Morgan fingerprint density at radius 1 is 1.16 bits per heavy atom. The summed E-state index contributed by atoms with van der Waals surface area (Å²) in [5.74, 6) is -0.00413. The number of halogens is 3. The Bertz CT molecular complexity index is 1140. The lowest BCUT2D eigenvalue weighted by Gasteiger charge is -2.15. The smallest absolute Gasteiger partial charge is 0.342 e. The first kappa shape index (κ1) is 21.4. The highest BCUT2D eigenvalue weighted by Crippen LogP contribution is 2.30. The molecule has 2 N–H and O–H groups in total. The van der Waals surface area contributed by atoms with Crippen LogP contribution in [0.5, 0.6) is 0 Å². The molecule has 2 amide bonds. The van der Waals surface area contributed by atoms with Crippen LogP contribution in [0, 0.1) is 5.92 Å². The largest absolute Gasteiger partial charge is 0.417 e. The van der Waals surface area contributed by atoms with Crippen LogP contribution in [0.4, 0.5) is 18.9 Å². The lowest BCUT2D eigenvalue weighted by Crippen LogP contribution is -2.29. The topological polar surface area (TPSA) is 115 Å². The average molecular weight is 445 g/mol. The molecule has 166 valence electrons. The lowest BCUT2D eigenvalue weighted by molar-refractivity contribution is -0.137. The summed E-state index contributed by atoms with van der Waals surface area (Å²) in [6.07, 6.45) is 1.63. The van der Waals surface area contributed by atoms with E-state index in [9.17, 15) is 22.8 Å². The van der Waals surface area contributed by atoms with Gasteiger partial charge in [0.15, 0.2) is 11.6 Å². The number of alkyl halides is 3. The van der Waals surface area contributed by atoms with Crippen LogP contribution >= 0.6 is 0 Å². The van der Waals surface area contributed by atoms with Crippen molar-refractivity contribution in [2.75, 3.05) is 5.32 Å². The molecule has 1 aliphatic rings. The Morgan fingerprint density at radius 2 is 1.94 bits per heavy atom. The van der Waals surface area contributed by atoms with E-state index in [0.717, 1.165) is 25.1 Å². The Kier molecular flexibility index (Phi) is 5.59. The second-order valence-corrected chi connectivity index (χ2v) is 7.35. The van der Waals surface area contributed by atoms with Gasteiger partial charge in [-0.25, -0.2) is 9.97 Å². The summed E-state index contributed by atoms with van der Waals surface area (Å²) in [7, 11) is 0. The first-order valence-electron chi connectivity index (χ1n) is 9.72. The molecule has 0 radical (unpaired) electrons. The minimum absolute atomic E-state index is 0.0404. The maximum atomic E-state index is 12.9. The molecule has 0 bridgehead atoms. The van der Waals surface area contributed by atoms with Crippen LogP contribution in [-0.4, -0.2) is 36.5 Å². The highest BCUT2D eigenvalue weighted by atomic mass is 19.4. The minimum Gasteiger partial charge on any atom is -0.342 e. The number of anilines is 1. The van der Waals surface area contributed by atoms with Gasteiger partial charge in [-0.05, 0) is 38.0 Å². The van der Waals surface area contributed by atoms with Crippen molar-refractivity contribution in [1.82, 2.24) is 30.0 Å². The molecule has 1 aliphatic carbocycles. The monoisotopic (exact) mass is 445 g/mol. The number of hydrogen-bond acceptors (Lipinski definition) is 6. The van der Waals surface area contributed by atoms with Crippen molar-refractivity contribution in [3.05, 3.63) is 60.1 Å². The van der Waals surface area contributed by atoms with E-state index in [1.807, 2.05) is 0 Å². The molecule has 1 saturated carbocycles. The summed E-state index contributed by atoms with van der Waals surface area (Å²) in [4.78, 5) is 36.2. The molecule has 12 heteroatoms. The van der Waals surface area contributed by atoms with Crippen molar-refractivity contribution >= 4 is 17.5 Å². The number of carbonyl (C=O) groups is 2. The van der Waals surface area contributed by atoms with Gasteiger partial charge in [-0.15, -0.1) is 0 Å². The van der Waals surface area contributed by atoms with Crippen molar-refractivity contribution in [1.29, 1.82) is 0 Å². The van der Waals surface area contributed by atoms with Crippen LogP contribution < -0.4 is 10.6 Å². The van der Waals surface area contributed by atoms with E-state index in [4.69, 9.17) is 0 Å². The fourth-order valence-electron chi connectivity index (χ4n) is 2.96. The third-order valence-corrected chi connectivity index (χ3v) is 4.82. The second kappa shape index (κ2) is 8.36. The summed E-state index contributed by atoms with van der Waals surface area (Å²) in [5, 5.41) is 9.48. The van der Waals surface area contributed by atoms with Crippen LogP contribution in [0.1, 0.15) is 47.6 Å². The van der Waals surface area contributed by atoms with E-state index in [2.05, 4.69) is 30.7 Å². The third kappa shape index (κ3) is 4.74. The van der Waals surface area contributed by atoms with E-state index >= 15 is 0 Å². The van der Waals surface area contributed by atoms with Gasteiger partial charge >= 0.3 is 6.18 Å². The van der Waals surface area contributed by atoms with Gasteiger partial charge < -0.3 is 10.6 Å². The zero-order chi connectivity index (χ0) is 22.9. The molecule has 0 spiro atoms. The Balaban J connectivity index is 1.47. The van der Waals surface area contributed by atoms with Crippen molar-refractivity contribution in [3.8, 4) is 5.82 Å². The number of rotatable bonds is 6. The third-order valence-electron chi connectivity index (χ3n) is 4.82. The Hall–Kier alpha value is -3.83. The minimum atomic E-state index is -4.61. The summed E-state index contributed by atoms with van der Waals surface area (Å²) < 4.78 is 40.0. The van der Waals surface area contributed by atoms with Gasteiger partial charge in [-0.2, -0.15) is 23.0 Å². The van der Waals surface area contributed by atoms with Gasteiger partial charge in [0.1, 0.15) is 6.33 Å². The van der Waals surface area contributed by atoms with E-state index < -0.39 is 23.7 Å². The summed E-state index contributed by atoms with van der Waals surface area (Å²) in [6.45, 7) is 1.61. The molecule has 32 heavy (non-hydrogen) atoms. The standard InChI is InChI=1S/C20H18F3N7O2/c1-11(28-19(32)13-6-14(8-24-7-13)20(21,22)23)17-26-10-27-30(17)16-5-4-15(9-25-16)29-18(31)12-2-3-12/h4-12H,2-3H2,1H3,(H,28,32)(H,29,31). The molecule has 0 aliphatic heterocycles. The molecule has 1 fully saturated rings. The number of pyridine rings is 2. The maximum absolute atomic E-state index is 12.9.